The summed E-state index contributed by atoms with van der Waals surface area (Å²) in [6.45, 7) is 1.67. The molecule has 1 aromatic carbocycles. The van der Waals surface area contributed by atoms with Crippen LogP contribution in [0.3, 0.4) is 0 Å². The molecule has 2 aromatic heterocycles. The number of likely N-dealkylation sites (tertiary alicyclic amines) is 1. The summed E-state index contributed by atoms with van der Waals surface area (Å²) >= 11 is 7.47. The number of hydrogen-bond acceptors (Lipinski definition) is 6. The lowest BCUT2D eigenvalue weighted by Crippen LogP contribution is -2.27. The summed E-state index contributed by atoms with van der Waals surface area (Å²) in [6, 6.07) is 11.0. The highest BCUT2D eigenvalue weighted by Gasteiger charge is 2.19. The number of pyridine rings is 1. The van der Waals surface area contributed by atoms with Crippen molar-refractivity contribution >= 4 is 29.3 Å². The van der Waals surface area contributed by atoms with Gasteiger partial charge < -0.3 is 9.42 Å². The fraction of sp³-hybridized carbons (Fsp3) is 0.263. The molecule has 3 heterocycles. The molecule has 0 unspecified atom stereocenters. The van der Waals surface area contributed by atoms with Crippen molar-refractivity contribution in [1.82, 2.24) is 20.0 Å². The van der Waals surface area contributed by atoms with Crippen LogP contribution in [0.15, 0.2) is 52.1 Å². The number of benzene rings is 1. The highest BCUT2D eigenvalue weighted by molar-refractivity contribution is 7.98. The quantitative estimate of drug-likeness (QED) is 0.594. The Hall–Kier alpha value is -2.38. The van der Waals surface area contributed by atoms with Crippen molar-refractivity contribution < 1.29 is 9.32 Å². The number of carbonyl (C=O) groups excluding carboxylic acids is 1. The van der Waals surface area contributed by atoms with E-state index in [1.807, 2.05) is 29.2 Å². The van der Waals surface area contributed by atoms with Crippen LogP contribution in [0.1, 0.15) is 29.1 Å². The number of aromatic nitrogens is 3. The molecule has 1 aliphatic heterocycles. The first-order valence-electron chi connectivity index (χ1n) is 8.66. The monoisotopic (exact) mass is 400 g/mol. The van der Waals surface area contributed by atoms with Gasteiger partial charge in [0.05, 0.1) is 16.3 Å². The molecule has 0 atom stereocenters. The van der Waals surface area contributed by atoms with Gasteiger partial charge in [0.1, 0.15) is 0 Å². The average Bonchev–Trinajstić information content (AvgIpc) is 3.38. The van der Waals surface area contributed by atoms with Gasteiger partial charge in [-0.2, -0.15) is 4.98 Å². The molecule has 0 aliphatic carbocycles. The highest BCUT2D eigenvalue weighted by Crippen LogP contribution is 2.24. The predicted molar refractivity (Wildman–Crippen MR) is 104 cm³/mol. The van der Waals surface area contributed by atoms with Crippen LogP contribution in [0.5, 0.6) is 0 Å². The Bertz CT molecular complexity index is 939. The normalized spacial score (nSPS) is 13.9. The minimum absolute atomic E-state index is 0.0552. The van der Waals surface area contributed by atoms with Crippen LogP contribution in [0.25, 0.3) is 11.4 Å². The Morgan fingerprint density at radius 1 is 1.22 bits per heavy atom. The second-order valence-corrected chi connectivity index (χ2v) is 7.63. The molecule has 0 radical (unpaired) electrons. The van der Waals surface area contributed by atoms with Gasteiger partial charge in [-0.25, -0.2) is 4.98 Å². The van der Waals surface area contributed by atoms with Gasteiger partial charge in [-0.05, 0) is 37.1 Å². The molecule has 3 aromatic rings. The Labute approximate surface area is 165 Å². The van der Waals surface area contributed by atoms with Crippen molar-refractivity contribution in [2.24, 2.45) is 0 Å². The first-order chi connectivity index (χ1) is 13.2. The molecule has 1 saturated heterocycles. The molecule has 27 heavy (non-hydrogen) atoms. The topological polar surface area (TPSA) is 72.1 Å². The number of nitrogens with zero attached hydrogens (tertiary/aromatic N) is 4. The van der Waals surface area contributed by atoms with E-state index in [2.05, 4.69) is 15.1 Å². The summed E-state index contributed by atoms with van der Waals surface area (Å²) in [4.78, 5) is 23.0. The standard InChI is InChI=1S/C19H17ClN4O2S/c20-15-5-3-4-13(10-15)18-22-16(26-23-18)12-27-17-7-6-14(11-21-17)19(25)24-8-1-2-9-24/h3-7,10-11H,1-2,8-9,12H2. The Morgan fingerprint density at radius 3 is 2.81 bits per heavy atom. The minimum Gasteiger partial charge on any atom is -0.339 e. The fourth-order valence-electron chi connectivity index (χ4n) is 2.89. The molecule has 0 spiro atoms. The molecule has 138 valence electrons. The van der Waals surface area contributed by atoms with E-state index >= 15 is 0 Å². The van der Waals surface area contributed by atoms with Crippen LogP contribution >= 0.6 is 23.4 Å². The first-order valence-corrected chi connectivity index (χ1v) is 10.0. The molecule has 0 saturated carbocycles. The predicted octanol–water partition coefficient (Wildman–Crippen LogP) is 4.31. The van der Waals surface area contributed by atoms with Gasteiger partial charge in [0.15, 0.2) is 0 Å². The van der Waals surface area contributed by atoms with Crippen LogP contribution < -0.4 is 0 Å². The zero-order valence-corrected chi connectivity index (χ0v) is 16.0. The molecule has 1 fully saturated rings. The number of carbonyl (C=O) groups is 1. The molecule has 4 rings (SSSR count). The van der Waals surface area contributed by atoms with Gasteiger partial charge in [-0.1, -0.05) is 40.7 Å². The van der Waals surface area contributed by atoms with Gasteiger partial charge in [0, 0.05) is 29.9 Å². The highest BCUT2D eigenvalue weighted by atomic mass is 35.5. The second kappa shape index (κ2) is 8.10. The summed E-state index contributed by atoms with van der Waals surface area (Å²) in [5.41, 5.74) is 1.44. The molecule has 1 aliphatic rings. The lowest BCUT2D eigenvalue weighted by atomic mass is 10.2. The summed E-state index contributed by atoms with van der Waals surface area (Å²) < 4.78 is 5.30. The molecular weight excluding hydrogens is 384 g/mol. The number of amides is 1. The Balaban J connectivity index is 1.37. The third-order valence-corrected chi connectivity index (χ3v) is 5.43. The van der Waals surface area contributed by atoms with Gasteiger partial charge in [0.2, 0.25) is 11.7 Å². The minimum atomic E-state index is 0.0552. The fourth-order valence-corrected chi connectivity index (χ4v) is 3.76. The molecule has 0 N–H and O–H groups in total. The average molecular weight is 401 g/mol. The maximum absolute atomic E-state index is 12.3. The zero-order valence-electron chi connectivity index (χ0n) is 14.5. The maximum atomic E-state index is 12.3. The van der Waals surface area contributed by atoms with E-state index in [-0.39, 0.29) is 5.91 Å². The van der Waals surface area contributed by atoms with Crippen molar-refractivity contribution in [1.29, 1.82) is 0 Å². The van der Waals surface area contributed by atoms with Gasteiger partial charge in [0.25, 0.3) is 5.91 Å². The van der Waals surface area contributed by atoms with Gasteiger partial charge in [-0.3, -0.25) is 4.79 Å². The Morgan fingerprint density at radius 2 is 2.07 bits per heavy atom. The lowest BCUT2D eigenvalue weighted by Gasteiger charge is -2.14. The number of hydrogen-bond donors (Lipinski definition) is 0. The largest absolute Gasteiger partial charge is 0.339 e. The maximum Gasteiger partial charge on any atom is 0.255 e. The van der Waals surface area contributed by atoms with E-state index in [0.717, 1.165) is 36.5 Å². The van der Waals surface area contributed by atoms with Crippen LogP contribution in [0, 0.1) is 0 Å². The molecule has 0 bridgehead atoms. The van der Waals surface area contributed by atoms with Crippen LogP contribution in [0.4, 0.5) is 0 Å². The van der Waals surface area contributed by atoms with Crippen molar-refractivity contribution in [2.75, 3.05) is 13.1 Å². The van der Waals surface area contributed by atoms with Crippen LogP contribution in [0.2, 0.25) is 5.02 Å². The second-order valence-electron chi connectivity index (χ2n) is 6.20. The summed E-state index contributed by atoms with van der Waals surface area (Å²) in [5, 5.41) is 5.42. The SMILES string of the molecule is O=C(c1ccc(SCc2nc(-c3cccc(Cl)c3)no2)nc1)N1CCCC1. The molecule has 6 nitrogen and oxygen atoms in total. The first kappa shape index (κ1) is 18.0. The summed E-state index contributed by atoms with van der Waals surface area (Å²) in [7, 11) is 0. The zero-order chi connectivity index (χ0) is 18.6. The van der Waals surface area contributed by atoms with Crippen LogP contribution in [-0.4, -0.2) is 39.0 Å². The molecule has 8 heteroatoms. The number of thioether (sulfide) groups is 1. The third-order valence-electron chi connectivity index (χ3n) is 4.27. The van der Waals surface area contributed by atoms with E-state index in [9.17, 15) is 4.79 Å². The lowest BCUT2D eigenvalue weighted by molar-refractivity contribution is 0.0792. The Kier molecular flexibility index (Phi) is 5.40. The van der Waals surface area contributed by atoms with Crippen molar-refractivity contribution in [3.63, 3.8) is 0 Å². The summed E-state index contributed by atoms with van der Waals surface area (Å²) in [6.07, 6.45) is 3.79. The van der Waals surface area contributed by atoms with Crippen molar-refractivity contribution in [3.05, 3.63) is 59.1 Å². The number of rotatable bonds is 5. The van der Waals surface area contributed by atoms with Crippen molar-refractivity contribution in [2.45, 2.75) is 23.6 Å². The van der Waals surface area contributed by atoms with E-state index in [1.54, 1.807) is 18.3 Å². The van der Waals surface area contributed by atoms with Gasteiger partial charge >= 0.3 is 0 Å². The summed E-state index contributed by atoms with van der Waals surface area (Å²) in [5.74, 6) is 1.57. The van der Waals surface area contributed by atoms with Crippen molar-refractivity contribution in [3.8, 4) is 11.4 Å². The van der Waals surface area contributed by atoms with E-state index in [1.165, 1.54) is 11.8 Å². The molecular formula is C19H17ClN4O2S. The number of halogens is 1. The van der Waals surface area contributed by atoms with Gasteiger partial charge in [-0.15, -0.1) is 0 Å². The van der Waals surface area contributed by atoms with Crippen LogP contribution in [-0.2, 0) is 5.75 Å². The molecule has 1 amide bonds. The third kappa shape index (κ3) is 4.31. The van der Waals surface area contributed by atoms with E-state index < -0.39 is 0 Å². The smallest absolute Gasteiger partial charge is 0.255 e. The van der Waals surface area contributed by atoms with E-state index in [0.29, 0.717) is 28.1 Å². The van der Waals surface area contributed by atoms with E-state index in [4.69, 9.17) is 16.1 Å².